The van der Waals surface area contributed by atoms with Gasteiger partial charge in [0.25, 0.3) is 11.8 Å². The van der Waals surface area contributed by atoms with Crippen molar-refractivity contribution in [1.29, 1.82) is 0 Å². The number of esters is 1. The van der Waals surface area contributed by atoms with Gasteiger partial charge in [0.15, 0.2) is 5.69 Å². The van der Waals surface area contributed by atoms with E-state index in [0.717, 1.165) is 16.4 Å². The van der Waals surface area contributed by atoms with Crippen LogP contribution in [0, 0.1) is 5.21 Å². The Morgan fingerprint density at radius 1 is 1.07 bits per heavy atom. The molecule has 0 fully saturated rings. The van der Waals surface area contributed by atoms with E-state index in [4.69, 9.17) is 4.74 Å². The minimum atomic E-state index is -1.37. The highest BCUT2D eigenvalue weighted by molar-refractivity contribution is 6.36. The number of ether oxygens (including phenoxy) is 1. The number of quaternary nitrogens is 1. The SMILES string of the molecule is CCOC(=O)c1ccc(N2C(=O)c3cccc4cccc(c34)C2=O)c([NH+]([O-])O)c1. The molecule has 0 saturated carbocycles. The van der Waals surface area contributed by atoms with E-state index in [1.807, 2.05) is 0 Å². The lowest BCUT2D eigenvalue weighted by atomic mass is 9.93. The van der Waals surface area contributed by atoms with Crippen molar-refractivity contribution in [1.82, 2.24) is 0 Å². The molecule has 2 N–H and O–H groups in total. The van der Waals surface area contributed by atoms with Crippen molar-refractivity contribution < 1.29 is 29.6 Å². The summed E-state index contributed by atoms with van der Waals surface area (Å²) in [5.41, 5.74) is 0.190. The van der Waals surface area contributed by atoms with Gasteiger partial charge in [-0.3, -0.25) is 9.59 Å². The summed E-state index contributed by atoms with van der Waals surface area (Å²) in [6.45, 7) is 1.76. The van der Waals surface area contributed by atoms with Gasteiger partial charge in [-0.2, -0.15) is 5.23 Å². The maximum atomic E-state index is 13.1. The normalized spacial score (nSPS) is 14.2. The lowest BCUT2D eigenvalue weighted by Gasteiger charge is -2.29. The van der Waals surface area contributed by atoms with Gasteiger partial charge in [0, 0.05) is 22.6 Å². The van der Waals surface area contributed by atoms with Gasteiger partial charge in [-0.05, 0) is 36.6 Å². The third kappa shape index (κ3) is 2.95. The molecule has 8 heteroatoms. The van der Waals surface area contributed by atoms with Gasteiger partial charge < -0.3 is 9.94 Å². The number of anilines is 1. The zero-order chi connectivity index (χ0) is 20.7. The second-order valence-corrected chi connectivity index (χ2v) is 6.41. The van der Waals surface area contributed by atoms with E-state index in [1.54, 1.807) is 43.3 Å². The van der Waals surface area contributed by atoms with Crippen LogP contribution >= 0.6 is 0 Å². The number of amides is 2. The van der Waals surface area contributed by atoms with Crippen molar-refractivity contribution in [2.45, 2.75) is 6.92 Å². The highest BCUT2D eigenvalue weighted by Gasteiger charge is 2.36. The minimum Gasteiger partial charge on any atom is -0.595 e. The number of benzene rings is 3. The number of hydrogen-bond donors (Lipinski definition) is 2. The van der Waals surface area contributed by atoms with Crippen molar-refractivity contribution in [3.63, 3.8) is 0 Å². The average Bonchev–Trinajstić information content (AvgIpc) is 2.72. The third-order valence-electron chi connectivity index (χ3n) is 4.75. The van der Waals surface area contributed by atoms with E-state index < -0.39 is 23.0 Å². The van der Waals surface area contributed by atoms with E-state index >= 15 is 0 Å². The highest BCUT2D eigenvalue weighted by atomic mass is 16.8. The van der Waals surface area contributed by atoms with Crippen molar-refractivity contribution in [2.24, 2.45) is 0 Å². The number of nitrogens with one attached hydrogen (secondary N) is 1. The molecule has 0 radical (unpaired) electrons. The summed E-state index contributed by atoms with van der Waals surface area (Å²) in [7, 11) is 0. The van der Waals surface area contributed by atoms with Gasteiger partial charge in [0.2, 0.25) is 0 Å². The molecule has 29 heavy (non-hydrogen) atoms. The third-order valence-corrected chi connectivity index (χ3v) is 4.75. The number of nitrogens with zero attached hydrogens (tertiary/aromatic N) is 1. The summed E-state index contributed by atoms with van der Waals surface area (Å²) in [6.07, 6.45) is 0. The van der Waals surface area contributed by atoms with Gasteiger partial charge in [-0.25, -0.2) is 14.9 Å². The molecule has 3 aromatic carbocycles. The number of carbonyl (C=O) groups excluding carboxylic acids is 3. The molecule has 0 bridgehead atoms. The molecule has 0 spiro atoms. The molecule has 1 aliphatic rings. The molecule has 0 aromatic heterocycles. The summed E-state index contributed by atoms with van der Waals surface area (Å²) in [5.74, 6) is -1.93. The van der Waals surface area contributed by atoms with Gasteiger partial charge in [-0.1, -0.05) is 24.3 Å². The van der Waals surface area contributed by atoms with E-state index in [0.29, 0.717) is 16.5 Å². The first kappa shape index (κ1) is 18.8. The zero-order valence-corrected chi connectivity index (χ0v) is 15.3. The maximum absolute atomic E-state index is 13.1. The molecule has 0 saturated heterocycles. The summed E-state index contributed by atoms with van der Waals surface area (Å²) in [4.78, 5) is 39.1. The monoisotopic (exact) mass is 392 g/mol. The van der Waals surface area contributed by atoms with Gasteiger partial charge in [0.05, 0.1) is 12.2 Å². The molecule has 8 nitrogen and oxygen atoms in total. The zero-order valence-electron chi connectivity index (χ0n) is 15.3. The van der Waals surface area contributed by atoms with Crippen molar-refractivity contribution in [3.05, 3.63) is 76.5 Å². The minimum absolute atomic E-state index is 0.0207. The van der Waals surface area contributed by atoms with Crippen LogP contribution in [0.5, 0.6) is 0 Å². The average molecular weight is 392 g/mol. The topological polar surface area (TPSA) is 111 Å². The Hall–Kier alpha value is -3.59. The Morgan fingerprint density at radius 2 is 1.69 bits per heavy atom. The van der Waals surface area contributed by atoms with Crippen LogP contribution in [0.25, 0.3) is 10.8 Å². The lowest BCUT2D eigenvalue weighted by molar-refractivity contribution is -0.990. The van der Waals surface area contributed by atoms with Crippen LogP contribution in [-0.4, -0.2) is 29.6 Å². The second kappa shape index (κ2) is 7.10. The van der Waals surface area contributed by atoms with Crippen LogP contribution in [0.1, 0.15) is 38.0 Å². The summed E-state index contributed by atoms with van der Waals surface area (Å²) < 4.78 is 4.90. The van der Waals surface area contributed by atoms with E-state index in [9.17, 15) is 24.8 Å². The molecule has 3 aromatic rings. The molecule has 1 atom stereocenters. The fourth-order valence-electron chi connectivity index (χ4n) is 3.49. The smallest absolute Gasteiger partial charge is 0.338 e. The van der Waals surface area contributed by atoms with Crippen molar-refractivity contribution in [2.75, 3.05) is 11.5 Å². The highest BCUT2D eigenvalue weighted by Crippen LogP contribution is 2.35. The fourth-order valence-corrected chi connectivity index (χ4v) is 3.49. The van der Waals surface area contributed by atoms with Crippen LogP contribution in [0.15, 0.2) is 54.6 Å². The molecular formula is C21H16N2O6. The molecule has 1 unspecified atom stereocenters. The standard InChI is InChI=1S/C21H16N2O6/c1-2-29-21(26)13-9-10-16(17(11-13)23(27)28)22-19(24)14-7-3-5-12-6-4-8-15(18(12)14)20(22)25/h3-11,23,27H,2H2,1H3. The maximum Gasteiger partial charge on any atom is 0.338 e. The Bertz CT molecular complexity index is 1120. The van der Waals surface area contributed by atoms with Gasteiger partial charge >= 0.3 is 5.97 Å². The summed E-state index contributed by atoms with van der Waals surface area (Å²) >= 11 is 0. The van der Waals surface area contributed by atoms with E-state index in [1.165, 1.54) is 12.1 Å². The van der Waals surface area contributed by atoms with Crippen LogP contribution in [-0.2, 0) is 4.74 Å². The number of carbonyl (C=O) groups is 3. The Morgan fingerprint density at radius 3 is 2.24 bits per heavy atom. The van der Waals surface area contributed by atoms with E-state index in [2.05, 4.69) is 0 Å². The van der Waals surface area contributed by atoms with Crippen LogP contribution in [0.4, 0.5) is 11.4 Å². The van der Waals surface area contributed by atoms with Crippen molar-refractivity contribution >= 4 is 39.9 Å². The summed E-state index contributed by atoms with van der Waals surface area (Å²) in [6, 6.07) is 13.9. The quantitative estimate of drug-likeness (QED) is 0.400. The Balaban J connectivity index is 1.88. The summed E-state index contributed by atoms with van der Waals surface area (Å²) in [5, 5.41) is 21.4. The lowest BCUT2D eigenvalue weighted by Crippen LogP contribution is -2.99. The number of hydrogen-bond acceptors (Lipinski definition) is 6. The van der Waals surface area contributed by atoms with Crippen LogP contribution in [0.2, 0.25) is 0 Å². The molecule has 2 amide bonds. The van der Waals surface area contributed by atoms with E-state index in [-0.39, 0.29) is 23.5 Å². The second-order valence-electron chi connectivity index (χ2n) is 6.41. The largest absolute Gasteiger partial charge is 0.595 e. The number of imide groups is 1. The molecule has 4 rings (SSSR count). The molecule has 0 aliphatic carbocycles. The van der Waals surface area contributed by atoms with Crippen molar-refractivity contribution in [3.8, 4) is 0 Å². The molecule has 1 heterocycles. The number of rotatable bonds is 4. The first-order chi connectivity index (χ1) is 13.9. The van der Waals surface area contributed by atoms with Gasteiger partial charge in [-0.15, -0.1) is 0 Å². The fraction of sp³-hybridized carbons (Fsp3) is 0.0952. The van der Waals surface area contributed by atoms with Crippen LogP contribution < -0.4 is 10.1 Å². The molecular weight excluding hydrogens is 376 g/mol. The first-order valence-corrected chi connectivity index (χ1v) is 8.89. The van der Waals surface area contributed by atoms with Crippen LogP contribution in [0.3, 0.4) is 0 Å². The molecule has 146 valence electrons. The van der Waals surface area contributed by atoms with Gasteiger partial charge in [0.1, 0.15) is 5.69 Å². The Labute approximate surface area is 165 Å². The Kier molecular flexibility index (Phi) is 4.59. The predicted octanol–water partition coefficient (Wildman–Crippen LogP) is 2.22. The predicted molar refractivity (Wildman–Crippen MR) is 103 cm³/mol. The molecule has 1 aliphatic heterocycles. The first-order valence-electron chi connectivity index (χ1n) is 8.89.